The molecule has 2 aromatic rings. The summed E-state index contributed by atoms with van der Waals surface area (Å²) in [5.41, 5.74) is 1.07. The highest BCUT2D eigenvalue weighted by Gasteiger charge is 2.02. The molecule has 0 atom stereocenters. The van der Waals surface area contributed by atoms with Crippen LogP contribution in [-0.4, -0.2) is 5.78 Å². The van der Waals surface area contributed by atoms with E-state index in [1.165, 1.54) is 0 Å². The third-order valence-electron chi connectivity index (χ3n) is 2.24. The Labute approximate surface area is 83.4 Å². The summed E-state index contributed by atoms with van der Waals surface area (Å²) in [6.07, 6.45) is 0.498. The first-order chi connectivity index (χ1) is 6.77. The van der Waals surface area contributed by atoms with Crippen LogP contribution in [0.25, 0.3) is 10.8 Å². The largest absolute Gasteiger partial charge is 0.300 e. The van der Waals surface area contributed by atoms with E-state index in [-0.39, 0.29) is 5.78 Å². The fraction of sp³-hybridized carbons (Fsp3) is 0.154. The van der Waals surface area contributed by atoms with Crippen molar-refractivity contribution >= 4 is 16.6 Å². The van der Waals surface area contributed by atoms with Crippen molar-refractivity contribution < 1.29 is 4.79 Å². The molecule has 1 radical (unpaired) electrons. The van der Waals surface area contributed by atoms with E-state index in [1.807, 2.05) is 36.4 Å². The van der Waals surface area contributed by atoms with E-state index in [9.17, 15) is 4.79 Å². The van der Waals surface area contributed by atoms with E-state index in [0.29, 0.717) is 6.42 Å². The monoisotopic (exact) mass is 183 g/mol. The minimum atomic E-state index is 0.190. The van der Waals surface area contributed by atoms with Gasteiger partial charge in [-0.3, -0.25) is 4.79 Å². The normalized spacial score (nSPS) is 10.4. The van der Waals surface area contributed by atoms with Crippen LogP contribution in [0.3, 0.4) is 0 Å². The van der Waals surface area contributed by atoms with Crippen LogP contribution in [-0.2, 0) is 11.2 Å². The second kappa shape index (κ2) is 3.62. The Balaban J connectivity index is 2.59. The van der Waals surface area contributed by atoms with Gasteiger partial charge in [0.1, 0.15) is 5.78 Å². The minimum absolute atomic E-state index is 0.190. The van der Waals surface area contributed by atoms with Gasteiger partial charge in [-0.15, -0.1) is 0 Å². The molecular weight excluding hydrogens is 172 g/mol. The molecule has 0 heterocycles. The van der Waals surface area contributed by atoms with Gasteiger partial charge in [-0.05, 0) is 35.4 Å². The zero-order valence-electron chi connectivity index (χ0n) is 8.08. The molecule has 0 aromatic heterocycles. The maximum Gasteiger partial charge on any atom is 0.134 e. The second-order valence-corrected chi connectivity index (χ2v) is 3.45. The maximum atomic E-state index is 11.0. The van der Waals surface area contributed by atoms with E-state index in [2.05, 4.69) is 6.07 Å². The second-order valence-electron chi connectivity index (χ2n) is 3.45. The first-order valence-electron chi connectivity index (χ1n) is 4.64. The molecule has 0 aliphatic rings. The lowest BCUT2D eigenvalue weighted by Crippen LogP contribution is -1.96. The minimum Gasteiger partial charge on any atom is -0.300 e. The summed E-state index contributed by atoms with van der Waals surface area (Å²) in [5, 5.41) is 2.30. The number of hydrogen-bond donors (Lipinski definition) is 0. The van der Waals surface area contributed by atoms with E-state index in [0.717, 1.165) is 16.3 Å². The molecule has 69 valence electrons. The molecule has 0 N–H and O–H groups in total. The van der Waals surface area contributed by atoms with Gasteiger partial charge in [-0.1, -0.05) is 30.3 Å². The average molecular weight is 183 g/mol. The molecule has 1 nitrogen and oxygen atoms in total. The van der Waals surface area contributed by atoms with E-state index < -0.39 is 0 Å². The van der Waals surface area contributed by atoms with Crippen molar-refractivity contribution in [2.75, 3.05) is 0 Å². The van der Waals surface area contributed by atoms with Crippen LogP contribution < -0.4 is 0 Å². The number of fused-ring (bicyclic) bond motifs is 1. The highest BCUT2D eigenvalue weighted by molar-refractivity contribution is 5.89. The summed E-state index contributed by atoms with van der Waals surface area (Å²) in [4.78, 5) is 11.0. The SMILES string of the molecule is CC(=O)Cc1c[c]cc2ccccc12. The van der Waals surface area contributed by atoms with Crippen molar-refractivity contribution in [2.45, 2.75) is 13.3 Å². The van der Waals surface area contributed by atoms with Gasteiger partial charge < -0.3 is 0 Å². The molecule has 0 saturated heterocycles. The van der Waals surface area contributed by atoms with Gasteiger partial charge in [0.15, 0.2) is 0 Å². The van der Waals surface area contributed by atoms with Crippen molar-refractivity contribution in [1.29, 1.82) is 0 Å². The number of rotatable bonds is 2. The third-order valence-corrected chi connectivity index (χ3v) is 2.24. The smallest absolute Gasteiger partial charge is 0.134 e. The van der Waals surface area contributed by atoms with Gasteiger partial charge in [-0.2, -0.15) is 0 Å². The van der Waals surface area contributed by atoms with E-state index >= 15 is 0 Å². The summed E-state index contributed by atoms with van der Waals surface area (Å²) in [6.45, 7) is 1.61. The summed E-state index contributed by atoms with van der Waals surface area (Å²) in [5.74, 6) is 0.190. The molecule has 0 saturated carbocycles. The van der Waals surface area contributed by atoms with Crippen LogP contribution in [0.15, 0.2) is 36.4 Å². The maximum absolute atomic E-state index is 11.0. The fourth-order valence-electron chi connectivity index (χ4n) is 1.64. The van der Waals surface area contributed by atoms with Crippen LogP contribution in [0.4, 0.5) is 0 Å². The molecule has 0 aliphatic carbocycles. The zero-order chi connectivity index (χ0) is 9.97. The molecule has 0 bridgehead atoms. The average Bonchev–Trinajstić information content (AvgIpc) is 2.18. The number of carbonyl (C=O) groups excluding carboxylic acids is 1. The van der Waals surface area contributed by atoms with Crippen molar-refractivity contribution in [1.82, 2.24) is 0 Å². The first-order valence-corrected chi connectivity index (χ1v) is 4.64. The van der Waals surface area contributed by atoms with Crippen LogP contribution >= 0.6 is 0 Å². The van der Waals surface area contributed by atoms with Gasteiger partial charge in [0.2, 0.25) is 0 Å². The molecule has 0 unspecified atom stereocenters. The Bertz CT molecular complexity index is 466. The Morgan fingerprint density at radius 3 is 2.86 bits per heavy atom. The Hall–Kier alpha value is -1.63. The van der Waals surface area contributed by atoms with Crippen molar-refractivity contribution in [3.63, 3.8) is 0 Å². The standard InChI is InChI=1S/C13H11O/c1-10(14)9-12-7-4-6-11-5-2-3-8-13(11)12/h2-3,5-8H,9H2,1H3. The summed E-state index contributed by atoms with van der Waals surface area (Å²) < 4.78 is 0. The molecule has 2 aromatic carbocycles. The van der Waals surface area contributed by atoms with Crippen LogP contribution in [0.5, 0.6) is 0 Å². The fourth-order valence-corrected chi connectivity index (χ4v) is 1.64. The lowest BCUT2D eigenvalue weighted by atomic mass is 10.0. The summed E-state index contributed by atoms with van der Waals surface area (Å²) in [7, 11) is 0. The zero-order valence-corrected chi connectivity index (χ0v) is 8.08. The third kappa shape index (κ3) is 1.67. The molecule has 0 amide bonds. The lowest BCUT2D eigenvalue weighted by molar-refractivity contribution is -0.116. The van der Waals surface area contributed by atoms with Crippen molar-refractivity contribution in [3.8, 4) is 0 Å². The molecule has 0 fully saturated rings. The van der Waals surface area contributed by atoms with Gasteiger partial charge >= 0.3 is 0 Å². The van der Waals surface area contributed by atoms with Gasteiger partial charge in [-0.25, -0.2) is 0 Å². The predicted molar refractivity (Wildman–Crippen MR) is 57.2 cm³/mol. The highest BCUT2D eigenvalue weighted by Crippen LogP contribution is 2.18. The van der Waals surface area contributed by atoms with E-state index in [4.69, 9.17) is 0 Å². The van der Waals surface area contributed by atoms with Crippen molar-refractivity contribution in [2.24, 2.45) is 0 Å². The lowest BCUT2D eigenvalue weighted by Gasteiger charge is -2.03. The predicted octanol–water partition coefficient (Wildman–Crippen LogP) is 2.77. The van der Waals surface area contributed by atoms with Crippen LogP contribution in [0, 0.1) is 6.07 Å². The van der Waals surface area contributed by atoms with Gasteiger partial charge in [0.25, 0.3) is 0 Å². The first kappa shape index (κ1) is 8.95. The molecule has 1 heteroatoms. The van der Waals surface area contributed by atoms with Crippen molar-refractivity contribution in [3.05, 3.63) is 48.0 Å². The van der Waals surface area contributed by atoms with Crippen LogP contribution in [0.2, 0.25) is 0 Å². The molecule has 14 heavy (non-hydrogen) atoms. The Morgan fingerprint density at radius 1 is 1.29 bits per heavy atom. The number of ketones is 1. The molecule has 0 spiro atoms. The molecule has 2 rings (SSSR count). The topological polar surface area (TPSA) is 17.1 Å². The highest BCUT2D eigenvalue weighted by atomic mass is 16.1. The summed E-state index contributed by atoms with van der Waals surface area (Å²) in [6, 6.07) is 15.0. The quantitative estimate of drug-likeness (QED) is 0.699. The number of benzene rings is 2. The molecular formula is C13H11O. The van der Waals surface area contributed by atoms with Gasteiger partial charge in [0.05, 0.1) is 0 Å². The number of hydrogen-bond acceptors (Lipinski definition) is 1. The Morgan fingerprint density at radius 2 is 2.07 bits per heavy atom. The molecule has 0 aliphatic heterocycles. The number of carbonyl (C=O) groups is 1. The Kier molecular flexibility index (Phi) is 2.32. The van der Waals surface area contributed by atoms with Crippen LogP contribution in [0.1, 0.15) is 12.5 Å². The number of Topliss-reactive ketones (excluding diaryl/α,β-unsaturated/α-hetero) is 1. The van der Waals surface area contributed by atoms with Gasteiger partial charge in [0, 0.05) is 6.42 Å². The van der Waals surface area contributed by atoms with E-state index in [1.54, 1.807) is 6.92 Å². The summed E-state index contributed by atoms with van der Waals surface area (Å²) >= 11 is 0.